The summed E-state index contributed by atoms with van der Waals surface area (Å²) in [5.41, 5.74) is 2.66. The molecule has 0 atom stereocenters. The third kappa shape index (κ3) is 3.81. The normalized spacial score (nSPS) is 14.8. The summed E-state index contributed by atoms with van der Waals surface area (Å²) in [4.78, 5) is 6.91. The zero-order valence-electron chi connectivity index (χ0n) is 16.7. The van der Waals surface area contributed by atoms with Gasteiger partial charge in [-0.3, -0.25) is 0 Å². The van der Waals surface area contributed by atoms with Crippen molar-refractivity contribution in [3.05, 3.63) is 66.1 Å². The van der Waals surface area contributed by atoms with Crippen LogP contribution in [0.1, 0.15) is 11.5 Å². The Balaban J connectivity index is 1.52. The molecular formula is C22H22N6O2. The molecule has 1 saturated heterocycles. The molecule has 0 radical (unpaired) electrons. The van der Waals surface area contributed by atoms with Gasteiger partial charge in [0, 0.05) is 30.8 Å². The van der Waals surface area contributed by atoms with Crippen molar-refractivity contribution in [2.24, 2.45) is 10.2 Å². The monoisotopic (exact) mass is 402 g/mol. The molecule has 0 amide bonds. The highest BCUT2D eigenvalue weighted by Crippen LogP contribution is 2.27. The van der Waals surface area contributed by atoms with E-state index in [1.807, 2.05) is 66.0 Å². The van der Waals surface area contributed by atoms with Crippen molar-refractivity contribution < 1.29 is 9.15 Å². The number of rotatable bonds is 5. The Hall–Kier alpha value is -3.52. The number of aryl methyl sites for hydroxylation is 1. The Morgan fingerprint density at radius 3 is 2.63 bits per heavy atom. The second-order valence-electron chi connectivity index (χ2n) is 7.15. The lowest BCUT2D eigenvalue weighted by Crippen LogP contribution is -2.37. The number of hydrogen-bond donors (Lipinski definition) is 0. The van der Waals surface area contributed by atoms with Gasteiger partial charge in [-0.15, -0.1) is 5.11 Å². The SMILES string of the molecule is Cc1ccc(CN=Nc2cc(N3CCOCC3)n3nc(-c4ccccc4)cc3n2)o1. The van der Waals surface area contributed by atoms with Crippen LogP contribution in [0.15, 0.2) is 69.2 Å². The quantitative estimate of drug-likeness (QED) is 0.462. The van der Waals surface area contributed by atoms with Crippen LogP contribution in [0.25, 0.3) is 16.9 Å². The summed E-state index contributed by atoms with van der Waals surface area (Å²) in [6.45, 7) is 5.25. The van der Waals surface area contributed by atoms with E-state index in [1.165, 1.54) is 0 Å². The van der Waals surface area contributed by atoms with Gasteiger partial charge in [0.2, 0.25) is 0 Å². The first kappa shape index (κ1) is 18.5. The van der Waals surface area contributed by atoms with Gasteiger partial charge in [0.05, 0.1) is 18.9 Å². The molecule has 4 aromatic rings. The molecule has 1 aliphatic rings. The average molecular weight is 402 g/mol. The molecule has 5 rings (SSSR count). The van der Waals surface area contributed by atoms with E-state index in [-0.39, 0.29) is 0 Å². The van der Waals surface area contributed by atoms with Crippen molar-refractivity contribution in [3.63, 3.8) is 0 Å². The Bertz CT molecular complexity index is 1180. The second kappa shape index (κ2) is 8.08. The molecule has 0 saturated carbocycles. The highest BCUT2D eigenvalue weighted by Gasteiger charge is 2.18. The minimum Gasteiger partial charge on any atom is -0.464 e. The maximum atomic E-state index is 5.55. The maximum absolute atomic E-state index is 5.55. The second-order valence-corrected chi connectivity index (χ2v) is 7.15. The van der Waals surface area contributed by atoms with E-state index in [0.29, 0.717) is 25.6 Å². The maximum Gasteiger partial charge on any atom is 0.179 e. The molecule has 0 N–H and O–H groups in total. The van der Waals surface area contributed by atoms with E-state index in [9.17, 15) is 0 Å². The van der Waals surface area contributed by atoms with Crippen LogP contribution >= 0.6 is 0 Å². The summed E-state index contributed by atoms with van der Waals surface area (Å²) < 4.78 is 12.9. The number of aromatic nitrogens is 3. The van der Waals surface area contributed by atoms with E-state index < -0.39 is 0 Å². The summed E-state index contributed by atoms with van der Waals surface area (Å²) in [5.74, 6) is 3.13. The number of nitrogens with zero attached hydrogens (tertiary/aromatic N) is 6. The van der Waals surface area contributed by atoms with Gasteiger partial charge in [0.25, 0.3) is 0 Å². The van der Waals surface area contributed by atoms with Crippen molar-refractivity contribution in [3.8, 4) is 11.3 Å². The highest BCUT2D eigenvalue weighted by molar-refractivity contribution is 5.67. The summed E-state index contributed by atoms with van der Waals surface area (Å²) >= 11 is 0. The molecule has 0 unspecified atom stereocenters. The van der Waals surface area contributed by atoms with Crippen LogP contribution in [-0.2, 0) is 11.3 Å². The number of anilines is 1. The van der Waals surface area contributed by atoms with Crippen LogP contribution in [0.4, 0.5) is 11.6 Å². The number of morpholine rings is 1. The van der Waals surface area contributed by atoms with Gasteiger partial charge in [-0.1, -0.05) is 30.3 Å². The molecule has 0 spiro atoms. The van der Waals surface area contributed by atoms with Crippen LogP contribution in [-0.4, -0.2) is 40.9 Å². The summed E-state index contributed by atoms with van der Waals surface area (Å²) in [6, 6.07) is 17.8. The minimum absolute atomic E-state index is 0.377. The molecule has 1 fully saturated rings. The Kier molecular flexibility index (Phi) is 4.98. The number of hydrogen-bond acceptors (Lipinski definition) is 7. The third-order valence-corrected chi connectivity index (χ3v) is 5.00. The first-order valence-corrected chi connectivity index (χ1v) is 9.98. The van der Waals surface area contributed by atoms with Crippen LogP contribution < -0.4 is 4.90 Å². The first-order valence-electron chi connectivity index (χ1n) is 9.98. The Morgan fingerprint density at radius 2 is 1.87 bits per heavy atom. The predicted octanol–water partition coefficient (Wildman–Crippen LogP) is 4.42. The van der Waals surface area contributed by atoms with Crippen molar-refractivity contribution in [1.82, 2.24) is 14.6 Å². The molecule has 3 aromatic heterocycles. The lowest BCUT2D eigenvalue weighted by atomic mass is 10.2. The van der Waals surface area contributed by atoms with Gasteiger partial charge in [0.1, 0.15) is 23.9 Å². The zero-order chi connectivity index (χ0) is 20.3. The molecule has 1 aliphatic heterocycles. The number of azo groups is 1. The largest absolute Gasteiger partial charge is 0.464 e. The van der Waals surface area contributed by atoms with Crippen LogP contribution in [0.3, 0.4) is 0 Å². The topological polar surface area (TPSA) is 80.5 Å². The van der Waals surface area contributed by atoms with E-state index in [1.54, 1.807) is 0 Å². The van der Waals surface area contributed by atoms with E-state index in [2.05, 4.69) is 20.1 Å². The van der Waals surface area contributed by atoms with Gasteiger partial charge in [-0.25, -0.2) is 4.98 Å². The van der Waals surface area contributed by atoms with Crippen LogP contribution in [0, 0.1) is 6.92 Å². The standard InChI is InChI=1S/C22H22N6O2/c1-16-7-8-18(30-16)15-23-25-20-14-22(27-9-11-29-12-10-27)28-21(24-20)13-19(26-28)17-5-3-2-4-6-17/h2-8,13-14H,9-12,15H2,1H3. The zero-order valence-corrected chi connectivity index (χ0v) is 16.7. The summed E-state index contributed by atoms with van der Waals surface area (Å²) in [7, 11) is 0. The van der Waals surface area contributed by atoms with Crippen molar-refractivity contribution in [2.75, 3.05) is 31.2 Å². The number of furan rings is 1. The lowest BCUT2D eigenvalue weighted by Gasteiger charge is -2.28. The van der Waals surface area contributed by atoms with Crippen molar-refractivity contribution in [2.45, 2.75) is 13.5 Å². The Morgan fingerprint density at radius 1 is 1.03 bits per heavy atom. The minimum atomic E-state index is 0.377. The fourth-order valence-electron chi connectivity index (χ4n) is 3.51. The molecule has 1 aromatic carbocycles. The molecule has 8 nitrogen and oxygen atoms in total. The molecule has 152 valence electrons. The van der Waals surface area contributed by atoms with E-state index >= 15 is 0 Å². The molecular weight excluding hydrogens is 380 g/mol. The Labute approximate surface area is 173 Å². The fourth-order valence-corrected chi connectivity index (χ4v) is 3.51. The van der Waals surface area contributed by atoms with Crippen molar-refractivity contribution in [1.29, 1.82) is 0 Å². The number of fused-ring (bicyclic) bond motifs is 1. The first-order chi connectivity index (χ1) is 14.8. The molecule has 0 aliphatic carbocycles. The molecule has 8 heteroatoms. The van der Waals surface area contributed by atoms with Gasteiger partial charge < -0.3 is 14.1 Å². The number of ether oxygens (including phenoxy) is 1. The van der Waals surface area contributed by atoms with Gasteiger partial charge in [0.15, 0.2) is 11.5 Å². The van der Waals surface area contributed by atoms with Crippen molar-refractivity contribution >= 4 is 17.3 Å². The van der Waals surface area contributed by atoms with Gasteiger partial charge in [-0.2, -0.15) is 14.7 Å². The summed E-state index contributed by atoms with van der Waals surface area (Å²) in [5, 5.41) is 13.4. The van der Waals surface area contributed by atoms with Gasteiger partial charge in [-0.05, 0) is 19.1 Å². The molecule has 30 heavy (non-hydrogen) atoms. The average Bonchev–Trinajstić information content (AvgIpc) is 3.40. The molecule has 4 heterocycles. The van der Waals surface area contributed by atoms with Crippen LogP contribution in [0.5, 0.6) is 0 Å². The highest BCUT2D eigenvalue weighted by atomic mass is 16.5. The molecule has 0 bridgehead atoms. The number of benzene rings is 1. The van der Waals surface area contributed by atoms with E-state index in [4.69, 9.17) is 14.3 Å². The van der Waals surface area contributed by atoms with E-state index in [0.717, 1.165) is 47.3 Å². The smallest absolute Gasteiger partial charge is 0.179 e. The summed E-state index contributed by atoms with van der Waals surface area (Å²) in [6.07, 6.45) is 0. The predicted molar refractivity (Wildman–Crippen MR) is 113 cm³/mol. The fraction of sp³-hybridized carbons (Fsp3) is 0.273. The lowest BCUT2D eigenvalue weighted by molar-refractivity contribution is 0.122. The van der Waals surface area contributed by atoms with Gasteiger partial charge >= 0.3 is 0 Å². The van der Waals surface area contributed by atoms with Crippen LogP contribution in [0.2, 0.25) is 0 Å². The third-order valence-electron chi connectivity index (χ3n) is 5.00.